The molecule has 1 atom stereocenters. The molecule has 148 valence electrons. The van der Waals surface area contributed by atoms with Crippen molar-refractivity contribution in [2.24, 2.45) is 0 Å². The van der Waals surface area contributed by atoms with Gasteiger partial charge in [0.25, 0.3) is 5.91 Å². The highest BCUT2D eigenvalue weighted by Crippen LogP contribution is 2.27. The van der Waals surface area contributed by atoms with Crippen LogP contribution >= 0.6 is 11.3 Å². The van der Waals surface area contributed by atoms with Gasteiger partial charge in [-0.2, -0.15) is 0 Å². The quantitative estimate of drug-likeness (QED) is 0.425. The van der Waals surface area contributed by atoms with Gasteiger partial charge in [0.15, 0.2) is 0 Å². The fourth-order valence-corrected chi connectivity index (χ4v) is 3.59. The van der Waals surface area contributed by atoms with Crippen LogP contribution in [0.2, 0.25) is 0 Å². The van der Waals surface area contributed by atoms with Crippen LogP contribution in [0.1, 0.15) is 34.2 Å². The molecule has 0 N–H and O–H groups in total. The second-order valence-electron chi connectivity index (χ2n) is 6.65. The van der Waals surface area contributed by atoms with E-state index in [0.717, 1.165) is 16.7 Å². The zero-order valence-corrected chi connectivity index (χ0v) is 16.8. The first-order valence-electron chi connectivity index (χ1n) is 9.09. The van der Waals surface area contributed by atoms with E-state index < -0.39 is 0 Å². The number of furan rings is 1. The maximum Gasteiger partial charge on any atom is 0.273 e. The molecule has 4 rings (SSSR count). The number of thiazole rings is 1. The van der Waals surface area contributed by atoms with Gasteiger partial charge >= 0.3 is 0 Å². The molecule has 1 amide bonds. The second kappa shape index (κ2) is 8.05. The Hall–Kier alpha value is -3.19. The number of amides is 1. The fourth-order valence-electron chi connectivity index (χ4n) is 2.91. The van der Waals surface area contributed by atoms with Crippen LogP contribution in [0.25, 0.3) is 11.0 Å². The number of hydrogen-bond donors (Lipinski definition) is 0. The van der Waals surface area contributed by atoms with Crippen molar-refractivity contribution in [2.45, 2.75) is 19.6 Å². The minimum atomic E-state index is -0.318. The van der Waals surface area contributed by atoms with Crippen molar-refractivity contribution in [3.05, 3.63) is 82.3 Å². The summed E-state index contributed by atoms with van der Waals surface area (Å²) in [5.41, 5.74) is 1.15. The summed E-state index contributed by atoms with van der Waals surface area (Å²) in [5, 5.41) is 3.39. The molecular weight excluding hydrogens is 391 g/mol. The normalized spacial score (nSPS) is 12.1. The highest BCUT2D eigenvalue weighted by atomic mass is 32.1. The molecule has 29 heavy (non-hydrogen) atoms. The van der Waals surface area contributed by atoms with Crippen molar-refractivity contribution in [1.29, 1.82) is 0 Å². The van der Waals surface area contributed by atoms with Crippen LogP contribution in [0.15, 0.2) is 64.4 Å². The maximum atomic E-state index is 13.0. The molecule has 0 saturated carbocycles. The number of carbonyl (C=O) groups excluding carboxylic acids is 1. The minimum absolute atomic E-state index is 0.192. The van der Waals surface area contributed by atoms with E-state index in [0.29, 0.717) is 16.5 Å². The van der Waals surface area contributed by atoms with Crippen LogP contribution in [-0.4, -0.2) is 22.8 Å². The first-order valence-corrected chi connectivity index (χ1v) is 9.97. The Balaban J connectivity index is 1.42. The maximum absolute atomic E-state index is 13.0. The monoisotopic (exact) mass is 410 g/mol. The summed E-state index contributed by atoms with van der Waals surface area (Å²) in [5.74, 6) is 0.755. The number of benzene rings is 2. The van der Waals surface area contributed by atoms with Crippen LogP contribution in [0.5, 0.6) is 5.75 Å². The first-order chi connectivity index (χ1) is 14.0. The summed E-state index contributed by atoms with van der Waals surface area (Å²) in [6.45, 7) is 2.13. The molecule has 0 bridgehead atoms. The van der Waals surface area contributed by atoms with Gasteiger partial charge in [0.2, 0.25) is 0 Å². The predicted molar refractivity (Wildman–Crippen MR) is 110 cm³/mol. The van der Waals surface area contributed by atoms with Gasteiger partial charge in [-0.05, 0) is 43.3 Å². The van der Waals surface area contributed by atoms with Crippen molar-refractivity contribution < 1.29 is 18.3 Å². The molecule has 0 aliphatic carbocycles. The second-order valence-corrected chi connectivity index (χ2v) is 7.59. The lowest BCUT2D eigenvalue weighted by Gasteiger charge is -2.22. The van der Waals surface area contributed by atoms with E-state index in [4.69, 9.17) is 9.15 Å². The molecule has 7 heteroatoms. The number of fused-ring (bicyclic) bond motifs is 1. The van der Waals surface area contributed by atoms with Crippen LogP contribution in [-0.2, 0) is 6.61 Å². The van der Waals surface area contributed by atoms with Crippen LogP contribution in [0, 0.1) is 5.82 Å². The third kappa shape index (κ3) is 4.14. The average molecular weight is 410 g/mol. The molecule has 4 aromatic rings. The lowest BCUT2D eigenvalue weighted by molar-refractivity contribution is 0.0722. The molecule has 0 unspecified atom stereocenters. The first kappa shape index (κ1) is 19.1. The van der Waals surface area contributed by atoms with Gasteiger partial charge in [0, 0.05) is 17.8 Å². The van der Waals surface area contributed by atoms with Gasteiger partial charge in [-0.3, -0.25) is 4.79 Å². The van der Waals surface area contributed by atoms with Crippen molar-refractivity contribution in [3.63, 3.8) is 0 Å². The summed E-state index contributed by atoms with van der Waals surface area (Å²) in [6.07, 6.45) is 0. The molecule has 0 fully saturated rings. The molecule has 0 saturated heterocycles. The summed E-state index contributed by atoms with van der Waals surface area (Å²) in [7, 11) is 1.73. The van der Waals surface area contributed by atoms with E-state index in [1.807, 2.05) is 37.3 Å². The molecular formula is C22H19FN2O3S. The summed E-state index contributed by atoms with van der Waals surface area (Å²) in [4.78, 5) is 18.8. The number of carbonyl (C=O) groups is 1. The summed E-state index contributed by atoms with van der Waals surface area (Å²) < 4.78 is 24.4. The molecule has 0 radical (unpaired) electrons. The number of hydrogen-bond acceptors (Lipinski definition) is 5. The molecule has 0 aliphatic heterocycles. The van der Waals surface area contributed by atoms with Crippen LogP contribution in [0.3, 0.4) is 0 Å². The average Bonchev–Trinajstić information content (AvgIpc) is 3.38. The predicted octanol–water partition coefficient (Wildman–Crippen LogP) is 5.44. The summed E-state index contributed by atoms with van der Waals surface area (Å²) >= 11 is 1.35. The Labute approximate surface area is 171 Å². The van der Waals surface area contributed by atoms with E-state index in [2.05, 4.69) is 4.98 Å². The Morgan fingerprint density at radius 2 is 2.00 bits per heavy atom. The number of aromatic nitrogens is 1. The van der Waals surface area contributed by atoms with Crippen LogP contribution in [0.4, 0.5) is 4.39 Å². The van der Waals surface area contributed by atoms with Crippen molar-refractivity contribution in [3.8, 4) is 5.75 Å². The summed E-state index contributed by atoms with van der Waals surface area (Å²) in [6, 6.07) is 15.2. The largest absolute Gasteiger partial charge is 0.486 e. The molecule has 2 aromatic heterocycles. The van der Waals surface area contributed by atoms with E-state index in [9.17, 15) is 9.18 Å². The zero-order valence-electron chi connectivity index (χ0n) is 16.0. The molecule has 5 nitrogen and oxygen atoms in total. The van der Waals surface area contributed by atoms with E-state index in [1.165, 1.54) is 23.5 Å². The van der Waals surface area contributed by atoms with Gasteiger partial charge in [-0.1, -0.05) is 18.2 Å². The number of para-hydroxylation sites is 1. The topological polar surface area (TPSA) is 55.6 Å². The number of rotatable bonds is 6. The zero-order chi connectivity index (χ0) is 20.4. The fraction of sp³-hybridized carbons (Fsp3) is 0.182. The van der Waals surface area contributed by atoms with Gasteiger partial charge in [0.1, 0.15) is 40.2 Å². The molecule has 0 aliphatic rings. The lowest BCUT2D eigenvalue weighted by Crippen LogP contribution is -2.29. The Kier molecular flexibility index (Phi) is 5.31. The Bertz CT molecular complexity index is 1100. The van der Waals surface area contributed by atoms with Gasteiger partial charge in [-0.25, -0.2) is 9.37 Å². The lowest BCUT2D eigenvalue weighted by atomic mass is 10.2. The molecule has 2 aromatic carbocycles. The third-order valence-corrected chi connectivity index (χ3v) is 5.53. The van der Waals surface area contributed by atoms with Gasteiger partial charge < -0.3 is 14.1 Å². The Morgan fingerprint density at radius 1 is 1.24 bits per heavy atom. The van der Waals surface area contributed by atoms with Crippen LogP contribution < -0.4 is 4.74 Å². The van der Waals surface area contributed by atoms with Gasteiger partial charge in [-0.15, -0.1) is 11.3 Å². The third-order valence-electron chi connectivity index (χ3n) is 4.70. The van der Waals surface area contributed by atoms with Crippen molar-refractivity contribution >= 4 is 28.2 Å². The SMILES string of the molecule is C[C@H](c1cc2ccccc2o1)N(C)C(=O)c1csc(COc2ccc(F)cc2)n1. The standard InChI is InChI=1S/C22H19FN2O3S/c1-14(20-11-15-5-3-4-6-19(15)28-20)25(2)22(26)18-13-29-21(24-18)12-27-17-9-7-16(23)8-10-17/h3-11,13-14H,12H2,1-2H3/t14-/m1/s1. The number of halogens is 1. The highest BCUT2D eigenvalue weighted by molar-refractivity contribution is 7.09. The minimum Gasteiger partial charge on any atom is -0.486 e. The molecule has 2 heterocycles. The van der Waals surface area contributed by atoms with Gasteiger partial charge in [0.05, 0.1) is 6.04 Å². The van der Waals surface area contributed by atoms with E-state index >= 15 is 0 Å². The van der Waals surface area contributed by atoms with E-state index in [-0.39, 0.29) is 24.4 Å². The number of nitrogens with zero attached hydrogens (tertiary/aromatic N) is 2. The Morgan fingerprint density at radius 3 is 2.76 bits per heavy atom. The number of ether oxygens (including phenoxy) is 1. The van der Waals surface area contributed by atoms with E-state index in [1.54, 1.807) is 29.5 Å². The molecule has 0 spiro atoms. The van der Waals surface area contributed by atoms with Crippen molar-refractivity contribution in [1.82, 2.24) is 9.88 Å². The van der Waals surface area contributed by atoms with Crippen molar-refractivity contribution in [2.75, 3.05) is 7.05 Å². The smallest absolute Gasteiger partial charge is 0.273 e. The highest BCUT2D eigenvalue weighted by Gasteiger charge is 2.23.